The van der Waals surface area contributed by atoms with Crippen LogP contribution in [-0.2, 0) is 0 Å². The van der Waals surface area contributed by atoms with Crippen LogP contribution in [0.1, 0.15) is 11.3 Å². The summed E-state index contributed by atoms with van der Waals surface area (Å²) >= 11 is 0. The van der Waals surface area contributed by atoms with E-state index in [2.05, 4.69) is 126 Å². The van der Waals surface area contributed by atoms with Gasteiger partial charge in [0.1, 0.15) is 5.65 Å². The van der Waals surface area contributed by atoms with E-state index in [-0.39, 0.29) is 0 Å². The van der Waals surface area contributed by atoms with E-state index in [0.717, 1.165) is 88.5 Å². The molecule has 57 heavy (non-hydrogen) atoms. The van der Waals surface area contributed by atoms with Gasteiger partial charge in [0, 0.05) is 27.5 Å². The molecule has 0 aliphatic rings. The van der Waals surface area contributed by atoms with Gasteiger partial charge in [-0.05, 0) is 88.6 Å². The molecule has 11 aromatic rings. The molecule has 4 heterocycles. The van der Waals surface area contributed by atoms with Crippen molar-refractivity contribution in [3.05, 3.63) is 182 Å². The largest absolute Gasteiger partial charge is 0.279 e. The monoisotopic (exact) mass is 731 g/mol. The predicted molar refractivity (Wildman–Crippen MR) is 234 cm³/mol. The zero-order valence-electron chi connectivity index (χ0n) is 31.0. The normalized spacial score (nSPS) is 11.9. The molecule has 0 spiro atoms. The van der Waals surface area contributed by atoms with E-state index >= 15 is 0 Å². The maximum Gasteiger partial charge on any atom is 0.221 e. The number of para-hydroxylation sites is 3. The van der Waals surface area contributed by atoms with E-state index in [0.29, 0.717) is 17.5 Å². The Bertz CT molecular complexity index is 3450. The van der Waals surface area contributed by atoms with Crippen LogP contribution in [0, 0.1) is 6.92 Å². The molecule has 0 atom stereocenters. The van der Waals surface area contributed by atoms with Crippen molar-refractivity contribution in [1.82, 2.24) is 33.9 Å². The lowest BCUT2D eigenvalue weighted by Crippen LogP contribution is -2.08. The van der Waals surface area contributed by atoms with Crippen LogP contribution in [0.15, 0.2) is 170 Å². The number of imidazole rings is 1. The highest BCUT2D eigenvalue weighted by Crippen LogP contribution is 2.38. The number of aryl methyl sites for hydroxylation is 1. The van der Waals surface area contributed by atoms with Gasteiger partial charge < -0.3 is 0 Å². The van der Waals surface area contributed by atoms with Crippen molar-refractivity contribution in [3.8, 4) is 40.1 Å². The molecule has 11 rings (SSSR count). The van der Waals surface area contributed by atoms with Gasteiger partial charge >= 0.3 is 0 Å². The van der Waals surface area contributed by atoms with Crippen LogP contribution in [0.3, 0.4) is 0 Å². The minimum atomic E-state index is 0.597. The summed E-state index contributed by atoms with van der Waals surface area (Å²) in [5, 5.41) is 6.64. The van der Waals surface area contributed by atoms with Crippen molar-refractivity contribution in [2.75, 3.05) is 0 Å². The van der Waals surface area contributed by atoms with Crippen LogP contribution >= 0.6 is 0 Å². The van der Waals surface area contributed by atoms with Gasteiger partial charge in [-0.2, -0.15) is 0 Å². The molecular formula is C50H33N7. The summed E-state index contributed by atoms with van der Waals surface area (Å²) in [5.41, 5.74) is 9.49. The predicted octanol–water partition coefficient (Wildman–Crippen LogP) is 12.0. The van der Waals surface area contributed by atoms with E-state index in [4.69, 9.17) is 24.9 Å². The Kier molecular flexibility index (Phi) is 7.40. The first-order chi connectivity index (χ1) is 28.1. The summed E-state index contributed by atoms with van der Waals surface area (Å²) in [6.45, 7) is 6.15. The van der Waals surface area contributed by atoms with Crippen molar-refractivity contribution >= 4 is 66.1 Å². The van der Waals surface area contributed by atoms with Crippen molar-refractivity contribution in [1.29, 1.82) is 0 Å². The van der Waals surface area contributed by atoms with E-state index in [1.54, 1.807) is 6.08 Å². The highest BCUT2D eigenvalue weighted by Gasteiger charge is 2.22. The molecule has 0 aliphatic carbocycles. The van der Waals surface area contributed by atoms with Crippen molar-refractivity contribution < 1.29 is 0 Å². The highest BCUT2D eigenvalue weighted by molar-refractivity contribution is 6.13. The van der Waals surface area contributed by atoms with Crippen LogP contribution in [0.25, 0.3) is 106 Å². The highest BCUT2D eigenvalue weighted by atomic mass is 15.2. The van der Waals surface area contributed by atoms with Gasteiger partial charge in [0.15, 0.2) is 17.5 Å². The van der Waals surface area contributed by atoms with Crippen molar-refractivity contribution in [2.24, 2.45) is 0 Å². The first-order valence-electron chi connectivity index (χ1n) is 19.0. The SMILES string of the molecule is C=C/C=C\c1c(C)c2cc(-c3nc(-c4ccccc4)nc(-c4cc5ccccc5c5ccccc45)n3)ccc2n1-c1nc2ccccc2c2nc3ccccc3n12. The second-order valence-corrected chi connectivity index (χ2v) is 14.2. The first-order valence-corrected chi connectivity index (χ1v) is 19.0. The Labute approximate surface area is 327 Å². The molecule has 0 amide bonds. The van der Waals surface area contributed by atoms with Gasteiger partial charge in [0.25, 0.3) is 0 Å². The quantitative estimate of drug-likeness (QED) is 0.126. The first kappa shape index (κ1) is 32.6. The number of aromatic nitrogens is 7. The Morgan fingerprint density at radius 3 is 2.00 bits per heavy atom. The fourth-order valence-corrected chi connectivity index (χ4v) is 8.24. The Morgan fingerprint density at radius 2 is 1.18 bits per heavy atom. The average Bonchev–Trinajstić information content (AvgIpc) is 3.80. The topological polar surface area (TPSA) is 73.8 Å². The average molecular weight is 732 g/mol. The molecule has 7 nitrogen and oxygen atoms in total. The Hall–Kier alpha value is -7.77. The summed E-state index contributed by atoms with van der Waals surface area (Å²) in [5.74, 6) is 2.59. The molecule has 0 aliphatic heterocycles. The molecule has 268 valence electrons. The number of hydrogen-bond acceptors (Lipinski definition) is 5. The van der Waals surface area contributed by atoms with Crippen LogP contribution < -0.4 is 0 Å². The lowest BCUT2D eigenvalue weighted by molar-refractivity contribution is 0.941. The third-order valence-electron chi connectivity index (χ3n) is 10.9. The van der Waals surface area contributed by atoms with Crippen LogP contribution in [0.4, 0.5) is 0 Å². The fourth-order valence-electron chi connectivity index (χ4n) is 8.24. The third-order valence-corrected chi connectivity index (χ3v) is 10.9. The maximum atomic E-state index is 5.34. The van der Waals surface area contributed by atoms with Gasteiger partial charge in [-0.15, -0.1) is 0 Å². The van der Waals surface area contributed by atoms with Crippen LogP contribution in [-0.4, -0.2) is 33.9 Å². The second-order valence-electron chi connectivity index (χ2n) is 14.2. The lowest BCUT2D eigenvalue weighted by Gasteiger charge is -2.14. The standard InChI is InChI=1S/C50H33N7/c1-3-4-25-43-31(2)39-30-34(27-28-44(39)56(43)50-52-41-23-13-12-22-38(41)49-51-42-24-14-15-26-45(42)57(49)50)47-53-46(32-16-6-5-7-17-32)54-48(55-47)40-29-33-18-8-9-19-35(33)36-20-10-11-21-37(36)40/h3-30H,1H2,2H3/b25-4-. The van der Waals surface area contributed by atoms with E-state index in [1.807, 2.05) is 60.7 Å². The number of allylic oxidation sites excluding steroid dienone is 2. The number of nitrogens with zero attached hydrogens (tertiary/aromatic N) is 7. The number of fused-ring (bicyclic) bond motifs is 9. The van der Waals surface area contributed by atoms with Gasteiger partial charge in [-0.3, -0.25) is 8.97 Å². The number of benzene rings is 7. The minimum Gasteiger partial charge on any atom is -0.279 e. The van der Waals surface area contributed by atoms with Crippen LogP contribution in [0.5, 0.6) is 0 Å². The third kappa shape index (κ3) is 5.17. The fraction of sp³-hybridized carbons (Fsp3) is 0.0200. The Balaban J connectivity index is 1.17. The van der Waals surface area contributed by atoms with E-state index in [9.17, 15) is 0 Å². The summed E-state index contributed by atoms with van der Waals surface area (Å²) in [6, 6.07) is 52.2. The van der Waals surface area contributed by atoms with Gasteiger partial charge in [0.05, 0.1) is 27.8 Å². The summed E-state index contributed by atoms with van der Waals surface area (Å²) in [7, 11) is 0. The molecular weight excluding hydrogens is 699 g/mol. The second kappa shape index (κ2) is 12.9. The summed E-state index contributed by atoms with van der Waals surface area (Å²) in [6.07, 6.45) is 5.88. The number of hydrogen-bond donors (Lipinski definition) is 0. The molecule has 0 bridgehead atoms. The lowest BCUT2D eigenvalue weighted by atomic mass is 9.97. The summed E-state index contributed by atoms with van der Waals surface area (Å²) < 4.78 is 4.41. The molecule has 0 N–H and O–H groups in total. The van der Waals surface area contributed by atoms with Gasteiger partial charge in [0.2, 0.25) is 5.95 Å². The molecule has 0 saturated heterocycles. The molecule has 0 radical (unpaired) electrons. The van der Waals surface area contributed by atoms with Gasteiger partial charge in [-0.25, -0.2) is 24.9 Å². The molecule has 0 fully saturated rings. The summed E-state index contributed by atoms with van der Waals surface area (Å²) in [4.78, 5) is 26.0. The maximum absolute atomic E-state index is 5.34. The molecule has 7 aromatic carbocycles. The molecule has 4 aromatic heterocycles. The van der Waals surface area contributed by atoms with Crippen molar-refractivity contribution in [3.63, 3.8) is 0 Å². The zero-order chi connectivity index (χ0) is 38.0. The van der Waals surface area contributed by atoms with Gasteiger partial charge in [-0.1, -0.05) is 122 Å². The van der Waals surface area contributed by atoms with E-state index < -0.39 is 0 Å². The van der Waals surface area contributed by atoms with E-state index in [1.165, 1.54) is 5.39 Å². The zero-order valence-corrected chi connectivity index (χ0v) is 31.0. The molecule has 7 heteroatoms. The van der Waals surface area contributed by atoms with Crippen molar-refractivity contribution in [2.45, 2.75) is 6.92 Å². The Morgan fingerprint density at radius 1 is 0.509 bits per heavy atom. The minimum absolute atomic E-state index is 0.597. The van der Waals surface area contributed by atoms with Crippen LogP contribution in [0.2, 0.25) is 0 Å². The molecule has 0 saturated carbocycles. The smallest absolute Gasteiger partial charge is 0.221 e. The molecule has 0 unspecified atom stereocenters. The number of rotatable bonds is 6.